The van der Waals surface area contributed by atoms with Gasteiger partial charge in [0.05, 0.1) is 0 Å². The van der Waals surface area contributed by atoms with E-state index in [1.54, 1.807) is 6.92 Å². The number of carbonyl (C=O) groups is 1. The van der Waals surface area contributed by atoms with Crippen LogP contribution < -0.4 is 0 Å². The van der Waals surface area contributed by atoms with Crippen molar-refractivity contribution >= 4 is 5.78 Å². The minimum absolute atomic E-state index is 0.243. The lowest BCUT2D eigenvalue weighted by molar-refractivity contribution is -0.117. The lowest BCUT2D eigenvalue weighted by atomic mass is 9.94. The van der Waals surface area contributed by atoms with Crippen molar-refractivity contribution < 1.29 is 9.21 Å². The van der Waals surface area contributed by atoms with Gasteiger partial charge in [0.15, 0.2) is 0 Å². The smallest absolute Gasteiger partial charge is 0.130 e. The van der Waals surface area contributed by atoms with Crippen LogP contribution in [0, 0.1) is 13.8 Å². The fourth-order valence-electron chi connectivity index (χ4n) is 1.95. The first-order chi connectivity index (χ1) is 7.54. The molecule has 1 heterocycles. The summed E-state index contributed by atoms with van der Waals surface area (Å²) in [5.74, 6) is 2.47. The van der Waals surface area contributed by atoms with Gasteiger partial charge in [-0.1, -0.05) is 19.8 Å². The highest BCUT2D eigenvalue weighted by Crippen LogP contribution is 2.29. The zero-order valence-corrected chi connectivity index (χ0v) is 10.8. The maximum absolute atomic E-state index is 11.2. The topological polar surface area (TPSA) is 30.2 Å². The van der Waals surface area contributed by atoms with Gasteiger partial charge in [0.2, 0.25) is 0 Å². The van der Waals surface area contributed by atoms with Crippen LogP contribution in [0.4, 0.5) is 0 Å². The molecule has 1 aromatic heterocycles. The Balaban J connectivity index is 2.78. The van der Waals surface area contributed by atoms with Crippen LogP contribution in [0.15, 0.2) is 10.5 Å². The van der Waals surface area contributed by atoms with E-state index < -0.39 is 0 Å². The summed E-state index contributed by atoms with van der Waals surface area (Å²) in [5, 5.41) is 0. The number of rotatable bonds is 6. The van der Waals surface area contributed by atoms with Crippen molar-refractivity contribution in [1.29, 1.82) is 0 Å². The molecule has 1 rings (SSSR count). The normalized spacial score (nSPS) is 12.8. The van der Waals surface area contributed by atoms with E-state index in [2.05, 4.69) is 13.0 Å². The minimum Gasteiger partial charge on any atom is -0.466 e. The van der Waals surface area contributed by atoms with Gasteiger partial charge < -0.3 is 9.21 Å². The Morgan fingerprint density at radius 1 is 1.44 bits per heavy atom. The quantitative estimate of drug-likeness (QED) is 0.723. The summed E-state index contributed by atoms with van der Waals surface area (Å²) in [5.41, 5.74) is 1.18. The lowest BCUT2D eigenvalue weighted by Crippen LogP contribution is -2.03. The van der Waals surface area contributed by atoms with E-state index in [1.165, 1.54) is 5.56 Å². The summed E-state index contributed by atoms with van der Waals surface area (Å²) in [6.07, 6.45) is 3.96. The van der Waals surface area contributed by atoms with Gasteiger partial charge in [0.25, 0.3) is 0 Å². The molecule has 0 amide bonds. The van der Waals surface area contributed by atoms with Crippen LogP contribution in [0.25, 0.3) is 0 Å². The summed E-state index contributed by atoms with van der Waals surface area (Å²) in [6.45, 7) is 7.85. The van der Waals surface area contributed by atoms with Crippen LogP contribution >= 0.6 is 0 Å². The first-order valence-corrected chi connectivity index (χ1v) is 6.11. The molecule has 2 nitrogen and oxygen atoms in total. The van der Waals surface area contributed by atoms with Crippen LogP contribution in [0.1, 0.15) is 62.5 Å². The Morgan fingerprint density at radius 2 is 2.12 bits per heavy atom. The summed E-state index contributed by atoms with van der Waals surface area (Å²) in [7, 11) is 0. The van der Waals surface area contributed by atoms with E-state index in [1.807, 2.05) is 13.8 Å². The Morgan fingerprint density at radius 3 is 2.56 bits per heavy atom. The molecule has 0 fully saturated rings. The molecule has 16 heavy (non-hydrogen) atoms. The molecule has 0 N–H and O–H groups in total. The van der Waals surface area contributed by atoms with E-state index in [4.69, 9.17) is 4.42 Å². The van der Waals surface area contributed by atoms with Gasteiger partial charge >= 0.3 is 0 Å². The summed E-state index contributed by atoms with van der Waals surface area (Å²) >= 11 is 0. The fourth-order valence-corrected chi connectivity index (χ4v) is 1.95. The van der Waals surface area contributed by atoms with Crippen LogP contribution in [-0.4, -0.2) is 5.78 Å². The first kappa shape index (κ1) is 13.0. The van der Waals surface area contributed by atoms with Gasteiger partial charge in [-0.05, 0) is 38.8 Å². The number of Topliss-reactive ketones (excluding diaryl/α,β-unsaturated/α-hetero) is 1. The van der Waals surface area contributed by atoms with Crippen LogP contribution in [0.2, 0.25) is 0 Å². The second-order valence-corrected chi connectivity index (χ2v) is 4.63. The molecule has 0 bridgehead atoms. The molecule has 0 spiro atoms. The molecule has 0 aromatic carbocycles. The predicted octanol–water partition coefficient (Wildman–Crippen LogP) is 4.15. The second kappa shape index (κ2) is 5.88. The molecule has 0 saturated heterocycles. The largest absolute Gasteiger partial charge is 0.466 e. The Labute approximate surface area is 98.0 Å². The Kier molecular flexibility index (Phi) is 4.78. The molecule has 1 atom stereocenters. The number of ketones is 1. The van der Waals surface area contributed by atoms with Crippen molar-refractivity contribution in [3.63, 3.8) is 0 Å². The summed E-state index contributed by atoms with van der Waals surface area (Å²) < 4.78 is 5.72. The standard InChI is InChI=1S/C14H22O2/c1-5-6-7-13(9-11(3)15)14-8-10(2)12(4)16-14/h8,13H,5-7,9H2,1-4H3/t13-/m0/s1. The fraction of sp³-hybridized carbons (Fsp3) is 0.643. The molecular weight excluding hydrogens is 200 g/mol. The number of furan rings is 1. The number of hydrogen-bond acceptors (Lipinski definition) is 2. The van der Waals surface area contributed by atoms with Crippen molar-refractivity contribution in [3.05, 3.63) is 23.2 Å². The molecule has 0 saturated carbocycles. The lowest BCUT2D eigenvalue weighted by Gasteiger charge is -2.11. The number of hydrogen-bond donors (Lipinski definition) is 0. The van der Waals surface area contributed by atoms with Crippen LogP contribution in [-0.2, 0) is 4.79 Å². The summed E-state index contributed by atoms with van der Waals surface area (Å²) in [4.78, 5) is 11.2. The van der Waals surface area contributed by atoms with Crippen molar-refractivity contribution in [1.82, 2.24) is 0 Å². The van der Waals surface area contributed by atoms with Gasteiger partial charge in [0, 0.05) is 12.3 Å². The molecule has 90 valence electrons. The highest BCUT2D eigenvalue weighted by atomic mass is 16.3. The van der Waals surface area contributed by atoms with Gasteiger partial charge in [-0.25, -0.2) is 0 Å². The van der Waals surface area contributed by atoms with E-state index in [-0.39, 0.29) is 11.7 Å². The first-order valence-electron chi connectivity index (χ1n) is 6.11. The summed E-state index contributed by atoms with van der Waals surface area (Å²) in [6, 6.07) is 2.08. The third-order valence-electron chi connectivity index (χ3n) is 3.03. The molecule has 1 aromatic rings. The minimum atomic E-state index is 0.243. The Hall–Kier alpha value is -1.05. The van der Waals surface area contributed by atoms with E-state index in [0.29, 0.717) is 6.42 Å². The molecule has 0 radical (unpaired) electrons. The number of aryl methyl sites for hydroxylation is 2. The van der Waals surface area contributed by atoms with Crippen molar-refractivity contribution in [3.8, 4) is 0 Å². The van der Waals surface area contributed by atoms with Crippen molar-refractivity contribution in [2.75, 3.05) is 0 Å². The molecular formula is C14H22O2. The molecule has 2 heteroatoms. The van der Waals surface area contributed by atoms with E-state index in [9.17, 15) is 4.79 Å². The van der Waals surface area contributed by atoms with Crippen LogP contribution in [0.3, 0.4) is 0 Å². The Bertz CT molecular complexity index is 330. The van der Waals surface area contributed by atoms with E-state index >= 15 is 0 Å². The van der Waals surface area contributed by atoms with Gasteiger partial charge in [-0.2, -0.15) is 0 Å². The highest BCUT2D eigenvalue weighted by Gasteiger charge is 2.17. The van der Waals surface area contributed by atoms with Gasteiger partial charge in [0.1, 0.15) is 17.3 Å². The van der Waals surface area contributed by atoms with E-state index in [0.717, 1.165) is 30.8 Å². The third kappa shape index (κ3) is 3.51. The van der Waals surface area contributed by atoms with Gasteiger partial charge in [-0.3, -0.25) is 0 Å². The van der Waals surface area contributed by atoms with Crippen molar-refractivity contribution in [2.45, 2.75) is 59.3 Å². The molecule has 0 unspecified atom stereocenters. The molecule has 0 aliphatic carbocycles. The number of carbonyl (C=O) groups excluding carboxylic acids is 1. The molecule has 0 aliphatic heterocycles. The average Bonchev–Trinajstić information content (AvgIpc) is 2.53. The predicted molar refractivity (Wildman–Crippen MR) is 65.7 cm³/mol. The maximum Gasteiger partial charge on any atom is 0.130 e. The third-order valence-corrected chi connectivity index (χ3v) is 3.03. The van der Waals surface area contributed by atoms with Crippen molar-refractivity contribution in [2.24, 2.45) is 0 Å². The average molecular weight is 222 g/mol. The zero-order chi connectivity index (χ0) is 12.1. The maximum atomic E-state index is 11.2. The SMILES string of the molecule is CCCC[C@@H](CC(C)=O)c1cc(C)c(C)o1. The zero-order valence-electron chi connectivity index (χ0n) is 10.8. The molecule has 0 aliphatic rings. The number of unbranched alkanes of at least 4 members (excludes halogenated alkanes) is 1. The van der Waals surface area contributed by atoms with Gasteiger partial charge in [-0.15, -0.1) is 0 Å². The van der Waals surface area contributed by atoms with Crippen LogP contribution in [0.5, 0.6) is 0 Å². The second-order valence-electron chi connectivity index (χ2n) is 4.63. The monoisotopic (exact) mass is 222 g/mol. The highest BCUT2D eigenvalue weighted by molar-refractivity contribution is 5.76.